The molecule has 0 bridgehead atoms. The van der Waals surface area contributed by atoms with Crippen LogP contribution in [-0.2, 0) is 0 Å². The van der Waals surface area contributed by atoms with Crippen LogP contribution in [0.15, 0.2) is 30.3 Å². The number of carbonyl (C=O) groups excluding carboxylic acids is 1. The highest BCUT2D eigenvalue weighted by Gasteiger charge is 2.24. The summed E-state index contributed by atoms with van der Waals surface area (Å²) in [6, 6.07) is 9.44. The molecule has 0 saturated carbocycles. The molecule has 2 aromatic carbocycles. The lowest BCUT2D eigenvalue weighted by Gasteiger charge is -2.23. The molecule has 0 radical (unpaired) electrons. The lowest BCUT2D eigenvalue weighted by Crippen LogP contribution is -2.36. The van der Waals surface area contributed by atoms with Gasteiger partial charge in [-0.2, -0.15) is 0 Å². The molecule has 1 amide bonds. The van der Waals surface area contributed by atoms with Crippen molar-refractivity contribution in [2.24, 2.45) is 0 Å². The zero-order valence-corrected chi connectivity index (χ0v) is 19.0. The van der Waals surface area contributed by atoms with Crippen LogP contribution in [0, 0.1) is 6.92 Å². The largest absolute Gasteiger partial charge is 0.493 e. The Labute approximate surface area is 180 Å². The molecule has 160 valence electrons. The average molecular weight is 430 g/mol. The summed E-state index contributed by atoms with van der Waals surface area (Å²) in [5.74, 6) is 1.15. The number of aromatic nitrogens is 1. The second-order valence-electron chi connectivity index (χ2n) is 7.14. The molecule has 3 aromatic rings. The number of benzene rings is 2. The number of carbonyl (C=O) groups is 1. The van der Waals surface area contributed by atoms with Gasteiger partial charge in [-0.05, 0) is 50.8 Å². The number of amides is 1. The number of thiazole rings is 1. The van der Waals surface area contributed by atoms with Gasteiger partial charge in [-0.15, -0.1) is 0 Å². The third-order valence-corrected chi connectivity index (χ3v) is 5.73. The Morgan fingerprint density at radius 3 is 2.23 bits per heavy atom. The van der Waals surface area contributed by atoms with E-state index in [1.807, 2.05) is 38.1 Å². The molecule has 1 heterocycles. The number of likely N-dealkylation sites (N-methyl/N-ethyl adjacent to an activating group) is 1. The fourth-order valence-electron chi connectivity index (χ4n) is 3.08. The van der Waals surface area contributed by atoms with E-state index in [9.17, 15) is 4.79 Å². The first kappa shape index (κ1) is 21.9. The predicted octanol–water partition coefficient (Wildman–Crippen LogP) is 3.84. The summed E-state index contributed by atoms with van der Waals surface area (Å²) in [4.78, 5) is 22.0. The highest BCUT2D eigenvalue weighted by molar-refractivity contribution is 7.22. The molecule has 1 aromatic heterocycles. The zero-order valence-electron chi connectivity index (χ0n) is 18.2. The van der Waals surface area contributed by atoms with E-state index in [0.717, 1.165) is 15.8 Å². The van der Waals surface area contributed by atoms with E-state index in [1.165, 1.54) is 32.7 Å². The Morgan fingerprint density at radius 1 is 1.00 bits per heavy atom. The number of anilines is 1. The summed E-state index contributed by atoms with van der Waals surface area (Å²) in [7, 11) is 8.55. The number of rotatable bonds is 8. The number of fused-ring (bicyclic) bond motifs is 1. The lowest BCUT2D eigenvalue weighted by atomic mass is 10.1. The SMILES string of the molecule is COc1cc(C(=O)N(CCN(C)C)c2nc3ccc(C)cc3s2)cc(OC)c1OC. The Bertz CT molecular complexity index is 1020. The monoisotopic (exact) mass is 429 g/mol. The van der Waals surface area contributed by atoms with E-state index in [0.29, 0.717) is 41.0 Å². The van der Waals surface area contributed by atoms with E-state index in [2.05, 4.69) is 6.07 Å². The van der Waals surface area contributed by atoms with Gasteiger partial charge in [0.1, 0.15) is 0 Å². The van der Waals surface area contributed by atoms with Crippen molar-refractivity contribution in [1.82, 2.24) is 9.88 Å². The van der Waals surface area contributed by atoms with Crippen LogP contribution in [0.3, 0.4) is 0 Å². The van der Waals surface area contributed by atoms with Gasteiger partial charge >= 0.3 is 0 Å². The smallest absolute Gasteiger partial charge is 0.260 e. The summed E-state index contributed by atoms with van der Waals surface area (Å²) in [6.45, 7) is 3.25. The predicted molar refractivity (Wildman–Crippen MR) is 121 cm³/mol. The number of hydrogen-bond donors (Lipinski definition) is 0. The second-order valence-corrected chi connectivity index (χ2v) is 8.15. The van der Waals surface area contributed by atoms with Crippen molar-refractivity contribution >= 4 is 32.6 Å². The first-order valence-corrected chi connectivity index (χ1v) is 10.3. The molecule has 8 heteroatoms. The summed E-state index contributed by atoms with van der Waals surface area (Å²) >= 11 is 1.51. The molecular weight excluding hydrogens is 402 g/mol. The van der Waals surface area contributed by atoms with E-state index < -0.39 is 0 Å². The maximum Gasteiger partial charge on any atom is 0.260 e. The normalized spacial score (nSPS) is 11.0. The van der Waals surface area contributed by atoms with E-state index in [-0.39, 0.29) is 5.91 Å². The van der Waals surface area contributed by atoms with Crippen LogP contribution >= 0.6 is 11.3 Å². The number of methoxy groups -OCH3 is 3. The molecule has 7 nitrogen and oxygen atoms in total. The molecule has 0 aliphatic rings. The third kappa shape index (κ3) is 4.49. The van der Waals surface area contributed by atoms with Crippen LogP contribution in [0.4, 0.5) is 5.13 Å². The first-order valence-electron chi connectivity index (χ1n) is 9.51. The van der Waals surface area contributed by atoms with Gasteiger partial charge < -0.3 is 19.1 Å². The van der Waals surface area contributed by atoms with Crippen molar-refractivity contribution in [3.05, 3.63) is 41.5 Å². The van der Waals surface area contributed by atoms with Crippen LogP contribution in [0.2, 0.25) is 0 Å². The fourth-order valence-corrected chi connectivity index (χ4v) is 4.17. The van der Waals surface area contributed by atoms with E-state index >= 15 is 0 Å². The average Bonchev–Trinajstić information content (AvgIpc) is 3.14. The molecule has 0 unspecified atom stereocenters. The molecule has 0 aliphatic heterocycles. The fraction of sp³-hybridized carbons (Fsp3) is 0.364. The van der Waals surface area contributed by atoms with Gasteiger partial charge in [0, 0.05) is 18.7 Å². The molecule has 30 heavy (non-hydrogen) atoms. The van der Waals surface area contributed by atoms with Crippen molar-refractivity contribution in [2.75, 3.05) is 53.4 Å². The van der Waals surface area contributed by atoms with Crippen molar-refractivity contribution in [3.8, 4) is 17.2 Å². The van der Waals surface area contributed by atoms with Crippen LogP contribution in [-0.4, -0.2) is 64.3 Å². The molecule has 0 aliphatic carbocycles. The Hall–Kier alpha value is -2.84. The number of hydrogen-bond acceptors (Lipinski definition) is 7. The minimum Gasteiger partial charge on any atom is -0.493 e. The molecule has 0 N–H and O–H groups in total. The van der Waals surface area contributed by atoms with Gasteiger partial charge in [-0.25, -0.2) is 4.98 Å². The quantitative estimate of drug-likeness (QED) is 0.542. The Morgan fingerprint density at radius 2 is 1.67 bits per heavy atom. The molecule has 3 rings (SSSR count). The van der Waals surface area contributed by atoms with Crippen LogP contribution in [0.25, 0.3) is 10.2 Å². The standard InChI is InChI=1S/C22H27N3O4S/c1-14-7-8-16-19(11-14)30-22(23-16)25(10-9-24(2)3)21(26)15-12-17(27-4)20(29-6)18(13-15)28-5/h7-8,11-13H,9-10H2,1-6H3. The highest BCUT2D eigenvalue weighted by atomic mass is 32.1. The summed E-state index contributed by atoms with van der Waals surface area (Å²) < 4.78 is 17.3. The van der Waals surface area contributed by atoms with Gasteiger partial charge in [-0.3, -0.25) is 9.69 Å². The Balaban J connectivity index is 2.05. The zero-order chi connectivity index (χ0) is 21.8. The maximum absolute atomic E-state index is 13.6. The molecule has 0 fully saturated rings. The Kier molecular flexibility index (Phi) is 6.79. The van der Waals surface area contributed by atoms with Crippen molar-refractivity contribution in [2.45, 2.75) is 6.92 Å². The van der Waals surface area contributed by atoms with Crippen molar-refractivity contribution < 1.29 is 19.0 Å². The van der Waals surface area contributed by atoms with Crippen molar-refractivity contribution in [3.63, 3.8) is 0 Å². The highest BCUT2D eigenvalue weighted by Crippen LogP contribution is 2.39. The molecule has 0 spiro atoms. The van der Waals surface area contributed by atoms with Gasteiger partial charge in [0.05, 0.1) is 31.5 Å². The maximum atomic E-state index is 13.6. The van der Waals surface area contributed by atoms with Gasteiger partial charge in [0.2, 0.25) is 5.75 Å². The minimum absolute atomic E-state index is 0.174. The van der Waals surface area contributed by atoms with E-state index in [1.54, 1.807) is 17.0 Å². The molecule has 0 saturated heterocycles. The number of aryl methyl sites for hydroxylation is 1. The summed E-state index contributed by atoms with van der Waals surface area (Å²) in [6.07, 6.45) is 0. The van der Waals surface area contributed by atoms with Crippen LogP contribution < -0.4 is 19.1 Å². The number of ether oxygens (including phenoxy) is 3. The van der Waals surface area contributed by atoms with Crippen LogP contribution in [0.5, 0.6) is 17.2 Å². The van der Waals surface area contributed by atoms with E-state index in [4.69, 9.17) is 19.2 Å². The lowest BCUT2D eigenvalue weighted by molar-refractivity contribution is 0.0984. The summed E-state index contributed by atoms with van der Waals surface area (Å²) in [5.41, 5.74) is 2.49. The topological polar surface area (TPSA) is 64.1 Å². The minimum atomic E-state index is -0.174. The van der Waals surface area contributed by atoms with Gasteiger partial charge in [0.25, 0.3) is 5.91 Å². The van der Waals surface area contributed by atoms with Crippen LogP contribution in [0.1, 0.15) is 15.9 Å². The van der Waals surface area contributed by atoms with Gasteiger partial charge in [0.15, 0.2) is 16.6 Å². The summed E-state index contributed by atoms with van der Waals surface area (Å²) in [5, 5.41) is 0.663. The first-order chi connectivity index (χ1) is 14.4. The third-order valence-electron chi connectivity index (χ3n) is 4.69. The number of nitrogens with zero attached hydrogens (tertiary/aromatic N) is 3. The molecular formula is C22H27N3O4S. The van der Waals surface area contributed by atoms with Crippen molar-refractivity contribution in [1.29, 1.82) is 0 Å². The molecule has 0 atom stereocenters. The second kappa shape index (κ2) is 9.32. The van der Waals surface area contributed by atoms with Gasteiger partial charge in [-0.1, -0.05) is 17.4 Å².